The van der Waals surface area contributed by atoms with Gasteiger partial charge in [-0.05, 0) is 36.8 Å². The van der Waals surface area contributed by atoms with Crippen LogP contribution in [0.15, 0.2) is 36.7 Å². The number of nitrogens with two attached hydrogens (primary N) is 1. The van der Waals surface area contributed by atoms with Gasteiger partial charge in [-0.15, -0.1) is 0 Å². The van der Waals surface area contributed by atoms with E-state index in [2.05, 4.69) is 10.4 Å². The van der Waals surface area contributed by atoms with E-state index >= 15 is 0 Å². The van der Waals surface area contributed by atoms with Crippen molar-refractivity contribution in [1.29, 1.82) is 0 Å². The van der Waals surface area contributed by atoms with Gasteiger partial charge in [0.1, 0.15) is 5.54 Å². The van der Waals surface area contributed by atoms with Crippen LogP contribution < -0.4 is 11.1 Å². The molecule has 0 saturated carbocycles. The Bertz CT molecular complexity index is 734. The van der Waals surface area contributed by atoms with Gasteiger partial charge in [-0.3, -0.25) is 9.59 Å². The molecule has 0 aliphatic carbocycles. The number of hydrogen-bond acceptors (Lipinski definition) is 4. The largest absolute Gasteiger partial charge is 0.378 e. The molecule has 23 heavy (non-hydrogen) atoms. The van der Waals surface area contributed by atoms with Gasteiger partial charge < -0.3 is 15.8 Å². The van der Waals surface area contributed by atoms with Gasteiger partial charge >= 0.3 is 0 Å². The number of aromatic nitrogens is 2. The molecule has 1 aromatic heterocycles. The fourth-order valence-electron chi connectivity index (χ4n) is 2.67. The number of amides is 2. The predicted octanol–water partition coefficient (Wildman–Crippen LogP) is 0.555. The highest BCUT2D eigenvalue weighted by atomic mass is 16.5. The van der Waals surface area contributed by atoms with Crippen molar-refractivity contribution in [3.05, 3.63) is 47.8 Å². The van der Waals surface area contributed by atoms with Gasteiger partial charge in [0, 0.05) is 31.0 Å². The molecule has 1 aromatic carbocycles. The molecule has 3 N–H and O–H groups in total. The Morgan fingerprint density at radius 3 is 2.83 bits per heavy atom. The zero-order valence-electron chi connectivity index (χ0n) is 12.8. The standard InChI is InChI=1S/C16H18N4O3/c1-11-9-12(3-4-13(11)20-7-2-6-18-20)14(21)19-16(15(17)22)5-8-23-10-16/h2-4,6-7,9H,5,8,10H2,1H3,(H2,17,22)(H,19,21). The number of nitrogens with one attached hydrogen (secondary N) is 1. The first kappa shape index (κ1) is 15.2. The summed E-state index contributed by atoms with van der Waals surface area (Å²) in [4.78, 5) is 24.1. The van der Waals surface area contributed by atoms with Gasteiger partial charge in [-0.25, -0.2) is 4.68 Å². The summed E-state index contributed by atoms with van der Waals surface area (Å²) >= 11 is 0. The summed E-state index contributed by atoms with van der Waals surface area (Å²) in [6, 6.07) is 7.11. The zero-order valence-corrected chi connectivity index (χ0v) is 12.8. The Morgan fingerprint density at radius 2 is 2.26 bits per heavy atom. The zero-order chi connectivity index (χ0) is 16.4. The topological polar surface area (TPSA) is 99.2 Å². The summed E-state index contributed by atoms with van der Waals surface area (Å²) in [6.07, 6.45) is 3.91. The molecule has 3 rings (SSSR count). The van der Waals surface area contributed by atoms with Crippen LogP contribution in [0.2, 0.25) is 0 Å². The molecule has 2 amide bonds. The van der Waals surface area contributed by atoms with E-state index in [1.807, 2.05) is 25.3 Å². The third-order valence-electron chi connectivity index (χ3n) is 4.06. The third-order valence-corrected chi connectivity index (χ3v) is 4.06. The van der Waals surface area contributed by atoms with E-state index < -0.39 is 11.4 Å². The Kier molecular flexibility index (Phi) is 3.87. The van der Waals surface area contributed by atoms with Crippen LogP contribution in [0.25, 0.3) is 5.69 Å². The van der Waals surface area contributed by atoms with E-state index in [1.165, 1.54) is 0 Å². The highest BCUT2D eigenvalue weighted by Gasteiger charge is 2.42. The Morgan fingerprint density at radius 1 is 1.43 bits per heavy atom. The van der Waals surface area contributed by atoms with E-state index in [9.17, 15) is 9.59 Å². The average Bonchev–Trinajstić information content (AvgIpc) is 3.19. The van der Waals surface area contributed by atoms with Crippen LogP contribution in [0.5, 0.6) is 0 Å². The number of primary amides is 1. The number of hydrogen-bond donors (Lipinski definition) is 2. The van der Waals surface area contributed by atoms with Gasteiger partial charge in [0.25, 0.3) is 5.91 Å². The molecule has 1 aliphatic heterocycles. The van der Waals surface area contributed by atoms with Crippen molar-refractivity contribution < 1.29 is 14.3 Å². The minimum atomic E-state index is -1.12. The first-order valence-electron chi connectivity index (χ1n) is 7.33. The Balaban J connectivity index is 1.83. The summed E-state index contributed by atoms with van der Waals surface area (Å²) in [5.74, 6) is -0.919. The molecular weight excluding hydrogens is 296 g/mol. The van der Waals surface area contributed by atoms with Crippen molar-refractivity contribution in [3.63, 3.8) is 0 Å². The van der Waals surface area contributed by atoms with Crippen LogP contribution in [-0.2, 0) is 9.53 Å². The second-order valence-corrected chi connectivity index (χ2v) is 5.65. The molecule has 2 heterocycles. The van der Waals surface area contributed by atoms with Crippen LogP contribution in [0, 0.1) is 6.92 Å². The van der Waals surface area contributed by atoms with E-state index in [4.69, 9.17) is 10.5 Å². The highest BCUT2D eigenvalue weighted by Crippen LogP contribution is 2.20. The van der Waals surface area contributed by atoms with Gasteiger partial charge in [0.15, 0.2) is 0 Å². The number of nitrogens with zero attached hydrogens (tertiary/aromatic N) is 2. The first-order valence-corrected chi connectivity index (χ1v) is 7.33. The van der Waals surface area contributed by atoms with Crippen LogP contribution in [-0.4, -0.2) is 40.3 Å². The second-order valence-electron chi connectivity index (χ2n) is 5.65. The van der Waals surface area contributed by atoms with Crippen LogP contribution >= 0.6 is 0 Å². The molecule has 1 saturated heterocycles. The second kappa shape index (κ2) is 5.85. The van der Waals surface area contributed by atoms with Crippen molar-refractivity contribution in [1.82, 2.24) is 15.1 Å². The fraction of sp³-hybridized carbons (Fsp3) is 0.312. The van der Waals surface area contributed by atoms with Crippen molar-refractivity contribution in [3.8, 4) is 5.69 Å². The maximum atomic E-state index is 12.5. The number of carbonyl (C=O) groups is 2. The molecule has 1 fully saturated rings. The first-order chi connectivity index (χ1) is 11.0. The summed E-state index contributed by atoms with van der Waals surface area (Å²) in [6.45, 7) is 2.41. The molecule has 7 heteroatoms. The molecule has 1 atom stereocenters. The lowest BCUT2D eigenvalue weighted by Crippen LogP contribution is -2.58. The number of carbonyl (C=O) groups excluding carboxylic acids is 2. The summed E-state index contributed by atoms with van der Waals surface area (Å²) in [5.41, 5.74) is 6.57. The van der Waals surface area contributed by atoms with E-state index in [1.54, 1.807) is 23.0 Å². The smallest absolute Gasteiger partial charge is 0.252 e. The van der Waals surface area contributed by atoms with Gasteiger partial charge in [-0.2, -0.15) is 5.10 Å². The molecule has 2 aromatic rings. The minimum absolute atomic E-state index is 0.110. The molecule has 0 bridgehead atoms. The van der Waals surface area contributed by atoms with Crippen molar-refractivity contribution in [2.24, 2.45) is 5.73 Å². The Hall–Kier alpha value is -2.67. The molecular formula is C16H18N4O3. The normalized spacial score (nSPS) is 20.4. The van der Waals surface area contributed by atoms with E-state index in [-0.39, 0.29) is 12.5 Å². The predicted molar refractivity (Wildman–Crippen MR) is 83.1 cm³/mol. The lowest BCUT2D eigenvalue weighted by molar-refractivity contribution is -0.124. The van der Waals surface area contributed by atoms with Gasteiger partial charge in [0.05, 0.1) is 12.3 Å². The van der Waals surface area contributed by atoms with Crippen molar-refractivity contribution >= 4 is 11.8 Å². The summed E-state index contributed by atoms with van der Waals surface area (Å²) in [5, 5.41) is 6.91. The monoisotopic (exact) mass is 314 g/mol. The third kappa shape index (κ3) is 2.83. The number of benzene rings is 1. The highest BCUT2D eigenvalue weighted by molar-refractivity contribution is 5.99. The van der Waals surface area contributed by atoms with Crippen LogP contribution in [0.4, 0.5) is 0 Å². The van der Waals surface area contributed by atoms with E-state index in [0.717, 1.165) is 11.3 Å². The fourth-order valence-corrected chi connectivity index (χ4v) is 2.67. The number of ether oxygens (including phenoxy) is 1. The number of aryl methyl sites for hydroxylation is 1. The maximum Gasteiger partial charge on any atom is 0.252 e. The van der Waals surface area contributed by atoms with Crippen LogP contribution in [0.1, 0.15) is 22.3 Å². The van der Waals surface area contributed by atoms with Gasteiger partial charge in [0.2, 0.25) is 5.91 Å². The molecule has 0 spiro atoms. The summed E-state index contributed by atoms with van der Waals surface area (Å²) in [7, 11) is 0. The van der Waals surface area contributed by atoms with Crippen molar-refractivity contribution in [2.75, 3.05) is 13.2 Å². The molecule has 1 unspecified atom stereocenters. The Labute approximate surface area is 133 Å². The van der Waals surface area contributed by atoms with Crippen molar-refractivity contribution in [2.45, 2.75) is 18.9 Å². The number of rotatable bonds is 4. The van der Waals surface area contributed by atoms with Crippen LogP contribution in [0.3, 0.4) is 0 Å². The van der Waals surface area contributed by atoms with Gasteiger partial charge in [-0.1, -0.05) is 0 Å². The minimum Gasteiger partial charge on any atom is -0.378 e. The lowest BCUT2D eigenvalue weighted by Gasteiger charge is -2.25. The molecule has 1 aliphatic rings. The summed E-state index contributed by atoms with van der Waals surface area (Å²) < 4.78 is 6.95. The molecule has 0 radical (unpaired) electrons. The molecule has 7 nitrogen and oxygen atoms in total. The quantitative estimate of drug-likeness (QED) is 0.861. The average molecular weight is 314 g/mol. The molecule has 120 valence electrons. The SMILES string of the molecule is Cc1cc(C(=O)NC2(C(N)=O)CCOC2)ccc1-n1cccn1. The van der Waals surface area contributed by atoms with E-state index in [0.29, 0.717) is 18.6 Å². The maximum absolute atomic E-state index is 12.5. The lowest BCUT2D eigenvalue weighted by atomic mass is 9.97.